The van der Waals surface area contributed by atoms with Crippen LogP contribution in [0.25, 0.3) is 0 Å². The molecule has 3 aliphatic carbocycles. The first-order chi connectivity index (χ1) is 5.33. The summed E-state index contributed by atoms with van der Waals surface area (Å²) in [5.74, 6) is 1.24. The van der Waals surface area contributed by atoms with Gasteiger partial charge < -0.3 is 0 Å². The number of carbonyl (C=O) groups is 1. The summed E-state index contributed by atoms with van der Waals surface area (Å²) in [4.78, 5) is 10.7. The first kappa shape index (κ1) is 7.53. The third kappa shape index (κ3) is 1.08. The molecule has 0 N–H and O–H groups in total. The van der Waals surface area contributed by atoms with Crippen LogP contribution in [0, 0.1) is 11.8 Å². The van der Waals surface area contributed by atoms with Crippen LogP contribution in [-0.2, 0) is 4.79 Å². The fourth-order valence-corrected chi connectivity index (χ4v) is 3.12. The van der Waals surface area contributed by atoms with Crippen LogP contribution < -0.4 is 0 Å². The molecule has 0 saturated heterocycles. The topological polar surface area (TPSA) is 17.1 Å². The molecule has 0 radical (unpaired) electrons. The minimum Gasteiger partial charge on any atom is -0.298 e. The lowest BCUT2D eigenvalue weighted by atomic mass is 9.72. The zero-order valence-corrected chi connectivity index (χ0v) is 7.93. The molecule has 1 saturated carbocycles. The van der Waals surface area contributed by atoms with Gasteiger partial charge in [0.05, 0.1) is 0 Å². The molecule has 0 heterocycles. The van der Waals surface area contributed by atoms with E-state index in [0.29, 0.717) is 11.8 Å². The second-order valence-corrected chi connectivity index (χ2v) is 4.32. The second kappa shape index (κ2) is 2.74. The Kier molecular flexibility index (Phi) is 1.88. The van der Waals surface area contributed by atoms with E-state index in [0.717, 1.165) is 11.9 Å². The van der Waals surface area contributed by atoms with Crippen LogP contribution in [-0.4, -0.2) is 6.29 Å². The minimum atomic E-state index is 0.576. The van der Waals surface area contributed by atoms with Crippen LogP contribution in [0.4, 0.5) is 0 Å². The van der Waals surface area contributed by atoms with Crippen molar-refractivity contribution < 1.29 is 4.79 Å². The number of aldehydes is 1. The molecule has 0 aromatic heterocycles. The average Bonchev–Trinajstić information content (AvgIpc) is 2.06. The van der Waals surface area contributed by atoms with Crippen molar-refractivity contribution >= 4 is 22.2 Å². The Balaban J connectivity index is 2.38. The lowest BCUT2D eigenvalue weighted by Crippen LogP contribution is -2.25. The number of hydrogen-bond acceptors (Lipinski definition) is 1. The molecule has 1 nitrogen and oxygen atoms in total. The van der Waals surface area contributed by atoms with Gasteiger partial charge in [0.2, 0.25) is 0 Å². The van der Waals surface area contributed by atoms with Crippen LogP contribution in [0.5, 0.6) is 0 Å². The van der Waals surface area contributed by atoms with E-state index >= 15 is 0 Å². The molecule has 2 heteroatoms. The summed E-state index contributed by atoms with van der Waals surface area (Å²) in [7, 11) is 0. The number of fused-ring (bicyclic) bond motifs is 2. The maximum Gasteiger partial charge on any atom is 0.147 e. The summed E-state index contributed by atoms with van der Waals surface area (Å²) in [5, 5.41) is 0. The van der Waals surface area contributed by atoms with Gasteiger partial charge in [-0.1, -0.05) is 15.9 Å². The van der Waals surface area contributed by atoms with E-state index in [1.807, 2.05) is 0 Å². The molecule has 0 atom stereocenters. The van der Waals surface area contributed by atoms with Gasteiger partial charge in [0, 0.05) is 10.1 Å². The monoisotopic (exact) mass is 214 g/mol. The van der Waals surface area contributed by atoms with E-state index < -0.39 is 0 Å². The summed E-state index contributed by atoms with van der Waals surface area (Å²) in [6.45, 7) is 0. The highest BCUT2D eigenvalue weighted by atomic mass is 79.9. The van der Waals surface area contributed by atoms with Crippen molar-refractivity contribution in [3.8, 4) is 0 Å². The summed E-state index contributed by atoms with van der Waals surface area (Å²) < 4.78 is 1.20. The van der Waals surface area contributed by atoms with E-state index in [1.165, 1.54) is 30.2 Å². The summed E-state index contributed by atoms with van der Waals surface area (Å²) in [5.41, 5.74) is 1.05. The van der Waals surface area contributed by atoms with Gasteiger partial charge in [-0.15, -0.1) is 0 Å². The van der Waals surface area contributed by atoms with E-state index in [2.05, 4.69) is 15.9 Å². The van der Waals surface area contributed by atoms with Crippen molar-refractivity contribution in [2.45, 2.75) is 25.7 Å². The maximum atomic E-state index is 10.7. The van der Waals surface area contributed by atoms with E-state index in [-0.39, 0.29) is 0 Å². The SMILES string of the molecule is O=CC1=C(Br)C2CCC1CC2. The first-order valence-electron chi connectivity index (χ1n) is 4.17. The number of carbonyl (C=O) groups excluding carboxylic acids is 1. The quantitative estimate of drug-likeness (QED) is 0.614. The molecular weight excluding hydrogens is 204 g/mol. The fraction of sp³-hybridized carbons (Fsp3) is 0.667. The third-order valence-electron chi connectivity index (χ3n) is 2.93. The van der Waals surface area contributed by atoms with Crippen LogP contribution in [0.2, 0.25) is 0 Å². The van der Waals surface area contributed by atoms with Gasteiger partial charge >= 0.3 is 0 Å². The lowest BCUT2D eigenvalue weighted by molar-refractivity contribution is -0.105. The zero-order chi connectivity index (χ0) is 7.84. The molecule has 0 spiro atoms. The second-order valence-electron chi connectivity index (χ2n) is 3.47. The molecule has 0 aromatic carbocycles. The Labute approximate surface area is 75.0 Å². The molecule has 0 aliphatic heterocycles. The van der Waals surface area contributed by atoms with Gasteiger partial charge in [-0.3, -0.25) is 4.79 Å². The Morgan fingerprint density at radius 2 is 1.73 bits per heavy atom. The van der Waals surface area contributed by atoms with E-state index in [4.69, 9.17) is 0 Å². The van der Waals surface area contributed by atoms with Gasteiger partial charge in [-0.2, -0.15) is 0 Å². The highest BCUT2D eigenvalue weighted by Gasteiger charge is 2.33. The zero-order valence-electron chi connectivity index (χ0n) is 6.35. The minimum absolute atomic E-state index is 0.576. The molecule has 3 aliphatic rings. The molecule has 3 rings (SSSR count). The molecule has 2 bridgehead atoms. The summed E-state index contributed by atoms with van der Waals surface area (Å²) >= 11 is 3.52. The fourth-order valence-electron chi connectivity index (χ4n) is 2.24. The third-order valence-corrected chi connectivity index (χ3v) is 4.03. The van der Waals surface area contributed by atoms with Crippen molar-refractivity contribution in [3.05, 3.63) is 10.1 Å². The molecule has 11 heavy (non-hydrogen) atoms. The van der Waals surface area contributed by atoms with Crippen LogP contribution in [0.15, 0.2) is 10.1 Å². The van der Waals surface area contributed by atoms with Crippen molar-refractivity contribution in [1.29, 1.82) is 0 Å². The predicted molar refractivity (Wildman–Crippen MR) is 47.5 cm³/mol. The Hall–Kier alpha value is -0.110. The largest absolute Gasteiger partial charge is 0.298 e. The van der Waals surface area contributed by atoms with Gasteiger partial charge in [-0.05, 0) is 37.5 Å². The smallest absolute Gasteiger partial charge is 0.147 e. The van der Waals surface area contributed by atoms with Crippen LogP contribution in [0.3, 0.4) is 0 Å². The first-order valence-corrected chi connectivity index (χ1v) is 4.97. The molecule has 60 valence electrons. The highest BCUT2D eigenvalue weighted by Crippen LogP contribution is 2.46. The average molecular weight is 215 g/mol. The number of allylic oxidation sites excluding steroid dienone is 2. The van der Waals surface area contributed by atoms with Gasteiger partial charge in [0.25, 0.3) is 0 Å². The molecule has 0 aromatic rings. The predicted octanol–water partition coefficient (Wildman–Crippen LogP) is 2.65. The maximum absolute atomic E-state index is 10.7. The number of rotatable bonds is 1. The summed E-state index contributed by atoms with van der Waals surface area (Å²) in [6.07, 6.45) is 6.06. The van der Waals surface area contributed by atoms with Gasteiger partial charge in [0.15, 0.2) is 0 Å². The Morgan fingerprint density at radius 3 is 2.09 bits per heavy atom. The highest BCUT2D eigenvalue weighted by molar-refractivity contribution is 9.11. The molecule has 1 fully saturated rings. The van der Waals surface area contributed by atoms with Crippen molar-refractivity contribution in [1.82, 2.24) is 0 Å². The number of halogens is 1. The van der Waals surface area contributed by atoms with Crippen molar-refractivity contribution in [2.24, 2.45) is 11.8 Å². The number of hydrogen-bond donors (Lipinski definition) is 0. The Morgan fingerprint density at radius 1 is 1.18 bits per heavy atom. The van der Waals surface area contributed by atoms with Crippen LogP contribution >= 0.6 is 15.9 Å². The van der Waals surface area contributed by atoms with Crippen molar-refractivity contribution in [2.75, 3.05) is 0 Å². The normalized spacial score (nSPS) is 36.1. The molecule has 0 unspecified atom stereocenters. The lowest BCUT2D eigenvalue weighted by Gasteiger charge is -2.36. The van der Waals surface area contributed by atoms with Gasteiger partial charge in [0.1, 0.15) is 6.29 Å². The standard InChI is InChI=1S/C9H11BrO/c10-9-7-3-1-6(2-4-7)8(9)5-11/h5-7H,1-4H2. The van der Waals surface area contributed by atoms with E-state index in [9.17, 15) is 4.79 Å². The summed E-state index contributed by atoms with van der Waals surface area (Å²) in [6, 6.07) is 0. The Bertz CT molecular complexity index is 212. The van der Waals surface area contributed by atoms with E-state index in [1.54, 1.807) is 0 Å². The van der Waals surface area contributed by atoms with Crippen molar-refractivity contribution in [3.63, 3.8) is 0 Å². The van der Waals surface area contributed by atoms with Crippen LogP contribution in [0.1, 0.15) is 25.7 Å². The molecule has 0 amide bonds. The molecular formula is C9H11BrO. The van der Waals surface area contributed by atoms with Gasteiger partial charge in [-0.25, -0.2) is 0 Å².